The van der Waals surface area contributed by atoms with Gasteiger partial charge in [0.2, 0.25) is 0 Å². The monoisotopic (exact) mass is 258 g/mol. The molecule has 19 heavy (non-hydrogen) atoms. The summed E-state index contributed by atoms with van der Waals surface area (Å²) in [5.74, 6) is -0.0933. The topological polar surface area (TPSA) is 66.8 Å². The fourth-order valence-corrected chi connectivity index (χ4v) is 1.61. The number of phenols is 2. The van der Waals surface area contributed by atoms with Crippen molar-refractivity contribution in [2.24, 2.45) is 0 Å². The maximum atomic E-state index is 11.7. The fraction of sp³-hybridized carbons (Fsp3) is 0.133. The number of rotatable bonds is 4. The zero-order valence-electron chi connectivity index (χ0n) is 10.2. The molecule has 4 heteroatoms. The minimum Gasteiger partial charge on any atom is -0.508 e. The van der Waals surface area contributed by atoms with Gasteiger partial charge < -0.3 is 14.9 Å². The lowest BCUT2D eigenvalue weighted by atomic mass is 10.1. The van der Waals surface area contributed by atoms with E-state index in [4.69, 9.17) is 14.9 Å². The van der Waals surface area contributed by atoms with Crippen LogP contribution in [0.3, 0.4) is 0 Å². The van der Waals surface area contributed by atoms with Crippen LogP contribution in [0, 0.1) is 0 Å². The second kappa shape index (κ2) is 5.91. The van der Waals surface area contributed by atoms with E-state index in [9.17, 15) is 4.79 Å². The van der Waals surface area contributed by atoms with Crippen molar-refractivity contribution in [3.05, 3.63) is 59.7 Å². The van der Waals surface area contributed by atoms with Gasteiger partial charge in [0.15, 0.2) is 0 Å². The van der Waals surface area contributed by atoms with Gasteiger partial charge in [-0.25, -0.2) is 4.79 Å². The Morgan fingerprint density at radius 3 is 2.00 bits per heavy atom. The van der Waals surface area contributed by atoms with E-state index in [1.807, 2.05) is 0 Å². The van der Waals surface area contributed by atoms with E-state index in [1.54, 1.807) is 24.3 Å². The smallest absolute Gasteiger partial charge is 0.338 e. The lowest BCUT2D eigenvalue weighted by Gasteiger charge is -2.05. The molecule has 2 aromatic rings. The molecule has 2 rings (SSSR count). The van der Waals surface area contributed by atoms with E-state index >= 15 is 0 Å². The summed E-state index contributed by atoms with van der Waals surface area (Å²) >= 11 is 0. The molecule has 0 unspecified atom stereocenters. The minimum absolute atomic E-state index is 0.112. The highest BCUT2D eigenvalue weighted by Crippen LogP contribution is 2.12. The van der Waals surface area contributed by atoms with Crippen molar-refractivity contribution < 1.29 is 19.7 Å². The molecule has 0 aromatic heterocycles. The Morgan fingerprint density at radius 2 is 1.42 bits per heavy atom. The molecular formula is C15H14O4. The first-order chi connectivity index (χ1) is 9.15. The number of aromatic hydroxyl groups is 2. The molecule has 0 saturated heterocycles. The Balaban J connectivity index is 1.84. The van der Waals surface area contributed by atoms with Crippen LogP contribution in [0.5, 0.6) is 11.5 Å². The molecule has 0 aliphatic carbocycles. The van der Waals surface area contributed by atoms with Gasteiger partial charge in [-0.05, 0) is 42.0 Å². The normalized spacial score (nSPS) is 10.1. The molecule has 2 N–H and O–H groups in total. The second-order valence-corrected chi connectivity index (χ2v) is 4.10. The van der Waals surface area contributed by atoms with Crippen LogP contribution < -0.4 is 0 Å². The van der Waals surface area contributed by atoms with Gasteiger partial charge in [0.05, 0.1) is 12.2 Å². The summed E-state index contributed by atoms with van der Waals surface area (Å²) in [6, 6.07) is 12.7. The van der Waals surface area contributed by atoms with Crippen LogP contribution in [0.4, 0.5) is 0 Å². The highest BCUT2D eigenvalue weighted by Gasteiger charge is 2.06. The van der Waals surface area contributed by atoms with Crippen molar-refractivity contribution in [2.75, 3.05) is 6.61 Å². The number of ether oxygens (including phenoxy) is 1. The highest BCUT2D eigenvalue weighted by atomic mass is 16.5. The van der Waals surface area contributed by atoms with Crippen LogP contribution in [0.1, 0.15) is 15.9 Å². The average molecular weight is 258 g/mol. The number of esters is 1. The molecule has 0 heterocycles. The number of benzene rings is 2. The summed E-state index contributed by atoms with van der Waals surface area (Å²) in [7, 11) is 0. The van der Waals surface area contributed by atoms with Gasteiger partial charge in [-0.15, -0.1) is 0 Å². The Kier molecular flexibility index (Phi) is 4.03. The SMILES string of the molecule is O=C(OCCc1ccc(O)cc1)c1ccc(O)cc1. The summed E-state index contributed by atoms with van der Waals surface area (Å²) in [6.45, 7) is 0.268. The van der Waals surface area contributed by atoms with Gasteiger partial charge in [0, 0.05) is 6.42 Å². The van der Waals surface area contributed by atoms with Gasteiger partial charge in [0.1, 0.15) is 11.5 Å². The van der Waals surface area contributed by atoms with E-state index in [2.05, 4.69) is 0 Å². The summed E-state index contributed by atoms with van der Waals surface area (Å²) < 4.78 is 5.12. The molecule has 0 fully saturated rings. The quantitative estimate of drug-likeness (QED) is 0.827. The van der Waals surface area contributed by atoms with E-state index in [0.29, 0.717) is 12.0 Å². The number of phenolic OH excluding ortho intramolecular Hbond substituents is 2. The molecule has 0 atom stereocenters. The van der Waals surface area contributed by atoms with Gasteiger partial charge in [-0.2, -0.15) is 0 Å². The third-order valence-corrected chi connectivity index (χ3v) is 2.66. The van der Waals surface area contributed by atoms with Crippen molar-refractivity contribution in [2.45, 2.75) is 6.42 Å². The highest BCUT2D eigenvalue weighted by molar-refractivity contribution is 5.89. The molecule has 98 valence electrons. The molecule has 4 nitrogen and oxygen atoms in total. The van der Waals surface area contributed by atoms with Crippen molar-refractivity contribution in [1.82, 2.24) is 0 Å². The van der Waals surface area contributed by atoms with Gasteiger partial charge in [-0.3, -0.25) is 0 Å². The average Bonchev–Trinajstić information content (AvgIpc) is 2.41. The van der Waals surface area contributed by atoms with E-state index in [0.717, 1.165) is 5.56 Å². The molecule has 0 aliphatic rings. The zero-order chi connectivity index (χ0) is 13.7. The number of hydrogen-bond donors (Lipinski definition) is 2. The van der Waals surface area contributed by atoms with Gasteiger partial charge >= 0.3 is 5.97 Å². The van der Waals surface area contributed by atoms with E-state index < -0.39 is 5.97 Å². The van der Waals surface area contributed by atoms with Crippen molar-refractivity contribution in [3.63, 3.8) is 0 Å². The number of hydrogen-bond acceptors (Lipinski definition) is 4. The maximum absolute atomic E-state index is 11.7. The van der Waals surface area contributed by atoms with Crippen LogP contribution in [0.15, 0.2) is 48.5 Å². The predicted octanol–water partition coefficient (Wildman–Crippen LogP) is 2.50. The first kappa shape index (κ1) is 13.0. The van der Waals surface area contributed by atoms with Crippen molar-refractivity contribution >= 4 is 5.97 Å². The third kappa shape index (κ3) is 3.74. The summed E-state index contributed by atoms with van der Waals surface area (Å²) in [4.78, 5) is 11.7. The summed E-state index contributed by atoms with van der Waals surface area (Å²) in [5, 5.41) is 18.2. The minimum atomic E-state index is -0.418. The molecule has 0 amide bonds. The molecule has 0 aliphatic heterocycles. The van der Waals surface area contributed by atoms with Crippen LogP contribution >= 0.6 is 0 Å². The number of carbonyl (C=O) groups is 1. The standard InChI is InChI=1S/C15H14O4/c16-13-5-1-11(2-6-13)9-10-19-15(18)12-3-7-14(17)8-4-12/h1-8,16-17H,9-10H2. The zero-order valence-corrected chi connectivity index (χ0v) is 10.2. The van der Waals surface area contributed by atoms with E-state index in [-0.39, 0.29) is 18.1 Å². The van der Waals surface area contributed by atoms with Crippen molar-refractivity contribution in [1.29, 1.82) is 0 Å². The molecule has 2 aromatic carbocycles. The first-order valence-electron chi connectivity index (χ1n) is 5.89. The molecular weight excluding hydrogens is 244 g/mol. The van der Waals surface area contributed by atoms with Crippen LogP contribution in [-0.4, -0.2) is 22.8 Å². The van der Waals surface area contributed by atoms with Gasteiger partial charge in [-0.1, -0.05) is 12.1 Å². The van der Waals surface area contributed by atoms with E-state index in [1.165, 1.54) is 24.3 Å². The summed E-state index contributed by atoms with van der Waals surface area (Å²) in [5.41, 5.74) is 1.39. The Morgan fingerprint density at radius 1 is 0.895 bits per heavy atom. The lowest BCUT2D eigenvalue weighted by Crippen LogP contribution is -2.07. The van der Waals surface area contributed by atoms with Crippen LogP contribution in [0.25, 0.3) is 0 Å². The fourth-order valence-electron chi connectivity index (χ4n) is 1.61. The Bertz CT molecular complexity index is 543. The number of carbonyl (C=O) groups excluding carboxylic acids is 1. The first-order valence-corrected chi connectivity index (χ1v) is 5.89. The predicted molar refractivity (Wildman–Crippen MR) is 70.2 cm³/mol. The Labute approximate surface area is 110 Å². The molecule has 0 bridgehead atoms. The molecule has 0 spiro atoms. The van der Waals surface area contributed by atoms with Crippen LogP contribution in [0.2, 0.25) is 0 Å². The van der Waals surface area contributed by atoms with Crippen molar-refractivity contribution in [3.8, 4) is 11.5 Å². The van der Waals surface area contributed by atoms with Gasteiger partial charge in [0.25, 0.3) is 0 Å². The molecule has 0 radical (unpaired) electrons. The lowest BCUT2D eigenvalue weighted by molar-refractivity contribution is 0.0509. The third-order valence-electron chi connectivity index (χ3n) is 2.66. The largest absolute Gasteiger partial charge is 0.508 e. The second-order valence-electron chi connectivity index (χ2n) is 4.10. The molecule has 0 saturated carbocycles. The maximum Gasteiger partial charge on any atom is 0.338 e. The van der Waals surface area contributed by atoms with Crippen LogP contribution in [-0.2, 0) is 11.2 Å². The summed E-state index contributed by atoms with van der Waals surface area (Å²) in [6.07, 6.45) is 0.587. The Hall–Kier alpha value is -2.49.